The second kappa shape index (κ2) is 19.2. The molecule has 0 N–H and O–H groups in total. The summed E-state index contributed by atoms with van der Waals surface area (Å²) in [6, 6.07) is 32.5. The molecule has 0 saturated heterocycles. The molecule has 0 amide bonds. The van der Waals surface area contributed by atoms with Crippen molar-refractivity contribution in [1.82, 2.24) is 0 Å². The van der Waals surface area contributed by atoms with Crippen LogP contribution in [0.4, 0.5) is 0 Å². The molecule has 0 spiro atoms. The monoisotopic (exact) mass is 864 g/mol. The van der Waals surface area contributed by atoms with Crippen LogP contribution in [-0.4, -0.2) is 3.21 Å². The van der Waals surface area contributed by atoms with Crippen LogP contribution in [0.2, 0.25) is 0 Å². The first-order chi connectivity index (χ1) is 24.8. The van der Waals surface area contributed by atoms with Gasteiger partial charge >= 0.3 is 99.2 Å². The van der Waals surface area contributed by atoms with Crippen molar-refractivity contribution in [2.24, 2.45) is 11.3 Å². The van der Waals surface area contributed by atoms with Crippen LogP contribution < -0.4 is 24.8 Å². The summed E-state index contributed by atoms with van der Waals surface area (Å²) in [6.07, 6.45) is 10.0. The van der Waals surface area contributed by atoms with E-state index in [9.17, 15) is 0 Å². The first kappa shape index (κ1) is 49.8. The summed E-state index contributed by atoms with van der Waals surface area (Å²) < 4.78 is 1.42. The molecule has 1 unspecified atom stereocenters. The third-order valence-electron chi connectivity index (χ3n) is 10.5. The van der Waals surface area contributed by atoms with Gasteiger partial charge in [-0.15, -0.1) is 16.7 Å². The maximum atomic E-state index is 3.90. The van der Waals surface area contributed by atoms with Gasteiger partial charge < -0.3 is 24.8 Å². The Hall–Kier alpha value is -2.31. The zero-order valence-electron chi connectivity index (χ0n) is 37.4. The predicted octanol–water partition coefficient (Wildman–Crippen LogP) is 8.42. The van der Waals surface area contributed by atoms with Gasteiger partial charge in [-0.3, -0.25) is 6.08 Å². The summed E-state index contributed by atoms with van der Waals surface area (Å²) in [5.74, 6) is 0.573. The second-order valence-electron chi connectivity index (χ2n) is 20.5. The molecule has 0 aromatic heterocycles. The number of benzene rings is 4. The third kappa shape index (κ3) is 12.6. The molecule has 6 rings (SSSR count). The molecular formula is C53H68Cl2Zr-2. The van der Waals surface area contributed by atoms with E-state index >= 15 is 0 Å². The quantitative estimate of drug-likeness (QED) is 0.160. The number of allylic oxidation sites excluding steroid dienone is 4. The average Bonchev–Trinajstić information content (AvgIpc) is 3.72. The molecule has 2 aliphatic rings. The summed E-state index contributed by atoms with van der Waals surface area (Å²) >= 11 is 1.46. The Kier molecular flexibility index (Phi) is 17.1. The fourth-order valence-corrected chi connectivity index (χ4v) is 8.03. The van der Waals surface area contributed by atoms with E-state index in [1.54, 1.807) is 0 Å². The van der Waals surface area contributed by atoms with E-state index < -0.39 is 0 Å². The molecule has 0 fully saturated rings. The van der Waals surface area contributed by atoms with E-state index in [0.717, 1.165) is 6.42 Å². The Morgan fingerprint density at radius 3 is 1.41 bits per heavy atom. The van der Waals surface area contributed by atoms with Crippen molar-refractivity contribution >= 4 is 3.21 Å². The number of fused-ring (bicyclic) bond motifs is 3. The van der Waals surface area contributed by atoms with Gasteiger partial charge in [-0.25, -0.2) is 6.08 Å². The minimum absolute atomic E-state index is 0. The van der Waals surface area contributed by atoms with Crippen LogP contribution in [0.1, 0.15) is 162 Å². The van der Waals surface area contributed by atoms with Crippen molar-refractivity contribution in [1.29, 1.82) is 0 Å². The van der Waals surface area contributed by atoms with Crippen molar-refractivity contribution in [2.45, 2.75) is 145 Å². The number of hydrogen-bond donors (Lipinski definition) is 0. The molecule has 0 aliphatic heterocycles. The summed E-state index contributed by atoms with van der Waals surface area (Å²) in [7, 11) is 0. The number of hydrogen-bond acceptors (Lipinski definition) is 0. The molecule has 0 bridgehead atoms. The van der Waals surface area contributed by atoms with Crippen LogP contribution in [0, 0.1) is 23.5 Å². The van der Waals surface area contributed by atoms with Crippen molar-refractivity contribution in [3.63, 3.8) is 0 Å². The molecule has 4 aromatic carbocycles. The SMILES string of the molecule is CC(C)(C)c1[c-]c2c(cc1C(C)(C)C)-c1cc(C(C)(C)C)c(C(C)(C)C)cc1C2.CCC1[C-]=CC(C(C)(C)C)=C1.[Cl-].[Cl-].[Zr+2]=[C](c1ccccc1)c1ccccc1. The van der Waals surface area contributed by atoms with Crippen molar-refractivity contribution < 1.29 is 49.0 Å². The molecule has 0 nitrogen and oxygen atoms in total. The van der Waals surface area contributed by atoms with Crippen molar-refractivity contribution in [3.8, 4) is 11.1 Å². The fourth-order valence-electron chi connectivity index (χ4n) is 7.21. The van der Waals surface area contributed by atoms with Crippen LogP contribution in [0.5, 0.6) is 0 Å². The Balaban J connectivity index is 0.000000332. The van der Waals surface area contributed by atoms with E-state index in [4.69, 9.17) is 0 Å². The number of rotatable bonds is 3. The summed E-state index contributed by atoms with van der Waals surface area (Å²) in [6.45, 7) is 36.9. The molecule has 0 heterocycles. The Labute approximate surface area is 370 Å². The van der Waals surface area contributed by atoms with Crippen LogP contribution in [0.15, 0.2) is 96.6 Å². The zero-order chi connectivity index (χ0) is 40.4. The molecule has 4 aromatic rings. The van der Waals surface area contributed by atoms with Gasteiger partial charge in [0.15, 0.2) is 0 Å². The molecule has 300 valence electrons. The van der Waals surface area contributed by atoms with Gasteiger partial charge in [-0.1, -0.05) is 152 Å². The molecule has 0 saturated carbocycles. The van der Waals surface area contributed by atoms with Crippen molar-refractivity contribution in [2.75, 3.05) is 0 Å². The van der Waals surface area contributed by atoms with Crippen LogP contribution >= 0.6 is 0 Å². The number of halogens is 2. The summed E-state index contributed by atoms with van der Waals surface area (Å²) in [4.78, 5) is 0. The zero-order valence-corrected chi connectivity index (χ0v) is 41.4. The predicted molar refractivity (Wildman–Crippen MR) is 234 cm³/mol. The van der Waals surface area contributed by atoms with Crippen molar-refractivity contribution in [3.05, 3.63) is 153 Å². The van der Waals surface area contributed by atoms with Gasteiger partial charge in [0.25, 0.3) is 0 Å². The van der Waals surface area contributed by atoms with E-state index in [-0.39, 0.29) is 46.5 Å². The van der Waals surface area contributed by atoms with E-state index in [0.29, 0.717) is 11.3 Å². The van der Waals surface area contributed by atoms with Gasteiger partial charge in [0.05, 0.1) is 0 Å². The standard InChI is InChI=1S/C29H41.C13H10.C11H17.2ClH.Zr/c1-26(2,3)22-14-18-13-19-15-23(27(4,5)6)25(29(10,11)12)17-21(19)20(18)16-24(22)28(7,8)9;1-3-7-12(8-4-1)11-13-9-5-2-6-10-13;1-5-9-6-7-10(8-9)11(2,3)4;;;/h14,16-17H,13H2,1-12H3;1-10H;7-9H,5H2,1-4H3;2*1H;/q-1;;-1;;;+2/p-2. The Morgan fingerprint density at radius 2 is 1.04 bits per heavy atom. The fraction of sp³-hybridized carbons (Fsp3) is 0.453. The molecular weight excluding hydrogens is 799 g/mol. The molecule has 0 radical (unpaired) electrons. The topological polar surface area (TPSA) is 0 Å². The van der Waals surface area contributed by atoms with Gasteiger partial charge in [0.1, 0.15) is 0 Å². The molecule has 56 heavy (non-hydrogen) atoms. The van der Waals surface area contributed by atoms with Crippen LogP contribution in [-0.2, 0) is 52.3 Å². The first-order valence-electron chi connectivity index (χ1n) is 20.1. The van der Waals surface area contributed by atoms with E-state index in [2.05, 4.69) is 214 Å². The third-order valence-corrected chi connectivity index (χ3v) is 11.9. The van der Waals surface area contributed by atoms with Crippen LogP contribution in [0.3, 0.4) is 0 Å². The minimum atomic E-state index is 0. The molecule has 1 atom stereocenters. The van der Waals surface area contributed by atoms with E-state index in [1.807, 2.05) is 0 Å². The Bertz CT molecular complexity index is 1860. The summed E-state index contributed by atoms with van der Waals surface area (Å²) in [5, 5.41) is 0. The summed E-state index contributed by atoms with van der Waals surface area (Å²) in [5.41, 5.74) is 16.3. The first-order valence-corrected chi connectivity index (χ1v) is 21.3. The van der Waals surface area contributed by atoms with Gasteiger partial charge in [-0.05, 0) is 39.4 Å². The van der Waals surface area contributed by atoms with Crippen LogP contribution in [0.25, 0.3) is 11.1 Å². The average molecular weight is 867 g/mol. The normalized spacial score (nSPS) is 14.8. The van der Waals surface area contributed by atoms with E-state index in [1.165, 1.54) is 95.1 Å². The molecule has 2 aliphatic carbocycles. The molecule has 3 heteroatoms. The Morgan fingerprint density at radius 1 is 0.589 bits per heavy atom. The second-order valence-corrected chi connectivity index (χ2v) is 21.7. The van der Waals surface area contributed by atoms with Gasteiger partial charge in [0, 0.05) is 0 Å². The van der Waals surface area contributed by atoms with Gasteiger partial charge in [0.2, 0.25) is 0 Å². The van der Waals surface area contributed by atoms with Gasteiger partial charge in [-0.2, -0.15) is 29.3 Å². The maximum absolute atomic E-state index is 3.90.